The Bertz CT molecular complexity index is 2330. The van der Waals surface area contributed by atoms with Crippen molar-refractivity contribution >= 4 is 65.6 Å². The normalized spacial score (nSPS) is 12.1. The second kappa shape index (κ2) is 7.62. The number of fused-ring (bicyclic) bond motifs is 5. The van der Waals surface area contributed by atoms with Crippen molar-refractivity contribution in [3.05, 3.63) is 133 Å². The summed E-state index contributed by atoms with van der Waals surface area (Å²) in [4.78, 5) is 0. The lowest BCUT2D eigenvalue weighted by atomic mass is 10.1. The van der Waals surface area contributed by atoms with E-state index in [9.17, 15) is 0 Å². The summed E-state index contributed by atoms with van der Waals surface area (Å²) in [5, 5.41) is 7.27. The third-order valence-electron chi connectivity index (χ3n) is 8.12. The molecule has 0 amide bonds. The van der Waals surface area contributed by atoms with E-state index in [2.05, 4.69) is 137 Å². The Morgan fingerprint density at radius 3 is 1.49 bits per heavy atom. The van der Waals surface area contributed by atoms with Gasteiger partial charge in [-0.05, 0) is 66.0 Å². The third kappa shape index (κ3) is 2.76. The van der Waals surface area contributed by atoms with Crippen LogP contribution in [0.5, 0.6) is 0 Å². The topological polar surface area (TPSA) is 23.0 Å². The molecule has 3 heteroatoms. The van der Waals surface area contributed by atoms with Crippen molar-refractivity contribution in [2.45, 2.75) is 0 Å². The molecule has 0 spiro atoms. The zero-order chi connectivity index (χ0) is 25.5. The summed E-state index contributed by atoms with van der Waals surface area (Å²) in [5.41, 5.74) is 8.84. The lowest BCUT2D eigenvalue weighted by Crippen LogP contribution is -1.97. The first-order chi connectivity index (χ1) is 19.4. The molecular formula is C36H22N2O. The number of benzene rings is 6. The van der Waals surface area contributed by atoms with Crippen molar-refractivity contribution in [1.82, 2.24) is 9.13 Å². The first kappa shape index (κ1) is 20.7. The summed E-state index contributed by atoms with van der Waals surface area (Å²) >= 11 is 0. The molecule has 0 aliphatic rings. The maximum atomic E-state index is 6.50. The van der Waals surface area contributed by atoms with Crippen molar-refractivity contribution in [3.63, 3.8) is 0 Å². The predicted octanol–water partition coefficient (Wildman–Crippen LogP) is 9.78. The minimum Gasteiger partial charge on any atom is -0.456 e. The summed E-state index contributed by atoms with van der Waals surface area (Å²) in [6.45, 7) is 0. The van der Waals surface area contributed by atoms with Crippen molar-refractivity contribution in [1.29, 1.82) is 0 Å². The standard InChI is InChI=1S/C36H22N2O/c1-4-13-29-25(9-1)26-10-2-5-14-30(26)37(29)23-19-21-24(22-20-23)38-31-15-7-12-28-27-11-3-6-17-33(27)39-34-18-8-16-32(38)36(34)35(28)31/h1-22H. The molecule has 0 bridgehead atoms. The van der Waals surface area contributed by atoms with E-state index < -0.39 is 0 Å². The molecule has 0 N–H and O–H groups in total. The van der Waals surface area contributed by atoms with Crippen LogP contribution in [0.25, 0.3) is 76.9 Å². The van der Waals surface area contributed by atoms with Crippen molar-refractivity contribution < 1.29 is 4.42 Å². The van der Waals surface area contributed by atoms with Gasteiger partial charge in [-0.2, -0.15) is 0 Å². The van der Waals surface area contributed by atoms with E-state index in [1.54, 1.807) is 0 Å². The summed E-state index contributed by atoms with van der Waals surface area (Å²) in [5.74, 6) is 0. The molecule has 0 unspecified atom stereocenters. The van der Waals surface area contributed by atoms with Gasteiger partial charge in [0, 0.05) is 32.9 Å². The highest BCUT2D eigenvalue weighted by Crippen LogP contribution is 2.41. The number of aromatic nitrogens is 2. The molecule has 0 fully saturated rings. The van der Waals surface area contributed by atoms with Crippen molar-refractivity contribution in [3.8, 4) is 11.4 Å². The molecule has 0 aliphatic heterocycles. The number of nitrogens with zero attached hydrogens (tertiary/aromatic N) is 2. The summed E-state index contributed by atoms with van der Waals surface area (Å²) in [6.07, 6.45) is 0. The van der Waals surface area contributed by atoms with Crippen LogP contribution < -0.4 is 0 Å². The van der Waals surface area contributed by atoms with Crippen LogP contribution in [0.15, 0.2) is 138 Å². The van der Waals surface area contributed by atoms with E-state index in [4.69, 9.17) is 4.42 Å². The fourth-order valence-electron chi connectivity index (χ4n) is 6.51. The van der Waals surface area contributed by atoms with Crippen LogP contribution in [-0.4, -0.2) is 9.13 Å². The second-order valence-electron chi connectivity index (χ2n) is 10.2. The Morgan fingerprint density at radius 1 is 0.333 bits per heavy atom. The van der Waals surface area contributed by atoms with Gasteiger partial charge < -0.3 is 13.6 Å². The molecule has 0 atom stereocenters. The second-order valence-corrected chi connectivity index (χ2v) is 10.2. The highest BCUT2D eigenvalue weighted by molar-refractivity contribution is 6.26. The minimum absolute atomic E-state index is 0.899. The summed E-state index contributed by atoms with van der Waals surface area (Å²) in [6, 6.07) is 47.5. The Balaban J connectivity index is 1.33. The van der Waals surface area contributed by atoms with Gasteiger partial charge in [0.25, 0.3) is 0 Å². The average molecular weight is 499 g/mol. The fourth-order valence-corrected chi connectivity index (χ4v) is 6.51. The molecular weight excluding hydrogens is 476 g/mol. The molecule has 9 aromatic rings. The Kier molecular flexibility index (Phi) is 4.05. The highest BCUT2D eigenvalue weighted by atomic mass is 16.3. The number of para-hydroxylation sites is 3. The van der Waals surface area contributed by atoms with Crippen LogP contribution in [0.2, 0.25) is 0 Å². The van der Waals surface area contributed by atoms with Gasteiger partial charge in [0.15, 0.2) is 0 Å². The molecule has 0 saturated carbocycles. The first-order valence-electron chi connectivity index (χ1n) is 13.3. The van der Waals surface area contributed by atoms with E-state index in [0.717, 1.165) is 38.8 Å². The van der Waals surface area contributed by atoms with E-state index >= 15 is 0 Å². The molecule has 0 saturated heterocycles. The van der Waals surface area contributed by atoms with Crippen LogP contribution in [0, 0.1) is 0 Å². The Morgan fingerprint density at radius 2 is 0.795 bits per heavy atom. The molecule has 6 aromatic carbocycles. The zero-order valence-electron chi connectivity index (χ0n) is 21.0. The smallest absolute Gasteiger partial charge is 0.137 e. The monoisotopic (exact) mass is 498 g/mol. The van der Waals surface area contributed by atoms with Crippen molar-refractivity contribution in [2.24, 2.45) is 0 Å². The molecule has 3 aromatic heterocycles. The van der Waals surface area contributed by atoms with Gasteiger partial charge in [0.2, 0.25) is 0 Å². The van der Waals surface area contributed by atoms with E-state index in [-0.39, 0.29) is 0 Å². The van der Waals surface area contributed by atoms with Gasteiger partial charge in [-0.1, -0.05) is 72.8 Å². The largest absolute Gasteiger partial charge is 0.456 e. The van der Waals surface area contributed by atoms with Gasteiger partial charge in [0.05, 0.1) is 27.5 Å². The Labute approximate surface area is 223 Å². The number of hydrogen-bond acceptors (Lipinski definition) is 1. The highest BCUT2D eigenvalue weighted by Gasteiger charge is 2.19. The molecule has 3 nitrogen and oxygen atoms in total. The van der Waals surface area contributed by atoms with Crippen LogP contribution in [0.4, 0.5) is 0 Å². The molecule has 9 rings (SSSR count). The predicted molar refractivity (Wildman–Crippen MR) is 162 cm³/mol. The number of hydrogen-bond donors (Lipinski definition) is 0. The first-order valence-corrected chi connectivity index (χ1v) is 13.3. The lowest BCUT2D eigenvalue weighted by Gasteiger charge is -2.12. The SMILES string of the molecule is c1ccc2c(c1)oc1cccc3c1c1c2cccc1n3-c1ccc(-n2c3ccccc3c3ccccc32)cc1. The van der Waals surface area contributed by atoms with Crippen LogP contribution in [0.1, 0.15) is 0 Å². The molecule has 0 aliphatic carbocycles. The van der Waals surface area contributed by atoms with Crippen LogP contribution in [-0.2, 0) is 0 Å². The van der Waals surface area contributed by atoms with Crippen molar-refractivity contribution in [2.75, 3.05) is 0 Å². The summed E-state index contributed by atoms with van der Waals surface area (Å²) in [7, 11) is 0. The van der Waals surface area contributed by atoms with Gasteiger partial charge in [-0.3, -0.25) is 0 Å². The number of rotatable bonds is 2. The molecule has 182 valence electrons. The lowest BCUT2D eigenvalue weighted by molar-refractivity contribution is 0.664. The van der Waals surface area contributed by atoms with Gasteiger partial charge >= 0.3 is 0 Å². The van der Waals surface area contributed by atoms with Gasteiger partial charge in [-0.15, -0.1) is 0 Å². The summed E-state index contributed by atoms with van der Waals surface area (Å²) < 4.78 is 11.2. The van der Waals surface area contributed by atoms with Crippen LogP contribution >= 0.6 is 0 Å². The van der Waals surface area contributed by atoms with E-state index in [1.807, 2.05) is 6.07 Å². The third-order valence-corrected chi connectivity index (χ3v) is 8.12. The molecule has 0 radical (unpaired) electrons. The fraction of sp³-hybridized carbons (Fsp3) is 0. The maximum Gasteiger partial charge on any atom is 0.137 e. The Hall–Kier alpha value is -5.28. The average Bonchev–Trinajstić information content (AvgIpc) is 3.46. The quantitative estimate of drug-likeness (QED) is 0.233. The van der Waals surface area contributed by atoms with E-state index in [1.165, 1.54) is 38.1 Å². The van der Waals surface area contributed by atoms with Crippen LogP contribution in [0.3, 0.4) is 0 Å². The van der Waals surface area contributed by atoms with Gasteiger partial charge in [-0.25, -0.2) is 0 Å². The zero-order valence-corrected chi connectivity index (χ0v) is 21.0. The van der Waals surface area contributed by atoms with E-state index in [0.29, 0.717) is 0 Å². The molecule has 3 heterocycles. The molecule has 39 heavy (non-hydrogen) atoms. The maximum absolute atomic E-state index is 6.50. The minimum atomic E-state index is 0.899. The van der Waals surface area contributed by atoms with Gasteiger partial charge in [0.1, 0.15) is 11.2 Å².